The molecule has 1 heterocycles. The van der Waals surface area contributed by atoms with Crippen LogP contribution < -0.4 is 10.6 Å². The molecule has 0 saturated carbocycles. The lowest BCUT2D eigenvalue weighted by Gasteiger charge is -2.14. The monoisotopic (exact) mass is 353 g/mol. The maximum atomic E-state index is 12.1. The summed E-state index contributed by atoms with van der Waals surface area (Å²) >= 11 is 3.30. The lowest BCUT2D eigenvalue weighted by molar-refractivity contribution is -0.131. The minimum absolute atomic E-state index is 0.0143. The molecule has 7 heteroatoms. The van der Waals surface area contributed by atoms with Crippen LogP contribution in [0.1, 0.15) is 13.8 Å². The van der Waals surface area contributed by atoms with E-state index in [2.05, 4.69) is 26.6 Å². The highest BCUT2D eigenvalue weighted by Crippen LogP contribution is 2.16. The first-order valence-corrected chi connectivity index (χ1v) is 7.35. The van der Waals surface area contributed by atoms with E-state index < -0.39 is 18.0 Å². The van der Waals surface area contributed by atoms with Crippen LogP contribution in [-0.2, 0) is 9.59 Å². The van der Waals surface area contributed by atoms with Crippen molar-refractivity contribution in [2.75, 3.05) is 11.9 Å². The number of hydrogen-bond acceptors (Lipinski definition) is 3. The van der Waals surface area contributed by atoms with Gasteiger partial charge in [-0.25, -0.2) is 4.79 Å². The van der Waals surface area contributed by atoms with Gasteiger partial charge in [0, 0.05) is 10.2 Å². The number of imide groups is 1. The third-order valence-corrected chi connectivity index (χ3v) is 3.63. The number of carbonyl (C=O) groups excluding carboxylic acids is 3. The van der Waals surface area contributed by atoms with Crippen LogP contribution >= 0.6 is 15.9 Å². The molecule has 2 rings (SSSR count). The van der Waals surface area contributed by atoms with Crippen LogP contribution in [0.4, 0.5) is 10.5 Å². The number of carbonyl (C=O) groups is 3. The molecular formula is C14H16BrN3O3. The number of nitrogens with one attached hydrogen (secondary N) is 2. The number of rotatable bonds is 4. The highest BCUT2D eigenvalue weighted by Gasteiger charge is 2.40. The van der Waals surface area contributed by atoms with Gasteiger partial charge in [-0.2, -0.15) is 0 Å². The second kappa shape index (κ2) is 6.26. The number of hydrogen-bond donors (Lipinski definition) is 2. The highest BCUT2D eigenvalue weighted by molar-refractivity contribution is 9.10. The Morgan fingerprint density at radius 2 is 2.14 bits per heavy atom. The Kier molecular flexibility index (Phi) is 4.62. The third-order valence-electron chi connectivity index (χ3n) is 3.13. The molecule has 0 spiro atoms. The average Bonchev–Trinajstić information content (AvgIpc) is 2.67. The van der Waals surface area contributed by atoms with Crippen LogP contribution in [-0.4, -0.2) is 35.3 Å². The smallest absolute Gasteiger partial charge is 0.325 e. The Morgan fingerprint density at radius 3 is 2.71 bits per heavy atom. The van der Waals surface area contributed by atoms with Gasteiger partial charge in [-0.05, 0) is 24.1 Å². The first-order chi connectivity index (χ1) is 9.88. The van der Waals surface area contributed by atoms with Gasteiger partial charge in [0.2, 0.25) is 5.91 Å². The molecule has 0 radical (unpaired) electrons. The van der Waals surface area contributed by atoms with Crippen molar-refractivity contribution in [2.45, 2.75) is 19.9 Å². The van der Waals surface area contributed by atoms with Crippen LogP contribution in [0.3, 0.4) is 0 Å². The molecule has 6 nitrogen and oxygen atoms in total. The van der Waals surface area contributed by atoms with E-state index in [1.807, 2.05) is 19.9 Å². The number of nitrogens with zero attached hydrogens (tertiary/aromatic N) is 1. The molecule has 0 aromatic heterocycles. The van der Waals surface area contributed by atoms with Gasteiger partial charge in [0.05, 0.1) is 0 Å². The summed E-state index contributed by atoms with van der Waals surface area (Å²) in [6, 6.07) is 5.99. The van der Waals surface area contributed by atoms with Gasteiger partial charge >= 0.3 is 6.03 Å². The summed E-state index contributed by atoms with van der Waals surface area (Å²) < 4.78 is 0.829. The lowest BCUT2D eigenvalue weighted by atomic mass is 10.1. The normalized spacial score (nSPS) is 18.1. The van der Waals surface area contributed by atoms with Crippen molar-refractivity contribution >= 4 is 39.5 Å². The molecule has 1 aromatic rings. The van der Waals surface area contributed by atoms with Gasteiger partial charge in [-0.3, -0.25) is 14.5 Å². The van der Waals surface area contributed by atoms with Crippen molar-refractivity contribution in [3.63, 3.8) is 0 Å². The Balaban J connectivity index is 2.00. The van der Waals surface area contributed by atoms with Crippen molar-refractivity contribution in [1.82, 2.24) is 10.2 Å². The van der Waals surface area contributed by atoms with Crippen molar-refractivity contribution in [3.05, 3.63) is 28.7 Å². The molecule has 1 fully saturated rings. The summed E-state index contributed by atoms with van der Waals surface area (Å²) in [5.74, 6) is -0.792. The maximum absolute atomic E-state index is 12.1. The van der Waals surface area contributed by atoms with E-state index in [0.29, 0.717) is 5.69 Å². The van der Waals surface area contributed by atoms with Crippen molar-refractivity contribution in [1.29, 1.82) is 0 Å². The quantitative estimate of drug-likeness (QED) is 0.812. The molecular weight excluding hydrogens is 338 g/mol. The summed E-state index contributed by atoms with van der Waals surface area (Å²) in [7, 11) is 0. The van der Waals surface area contributed by atoms with Gasteiger partial charge in [0.1, 0.15) is 12.6 Å². The SMILES string of the molecule is CC(C)C1NC(=O)N(CC(=O)Nc2cccc(Br)c2)C1=O. The average molecular weight is 354 g/mol. The first kappa shape index (κ1) is 15.5. The van der Waals surface area contributed by atoms with Gasteiger partial charge in [-0.15, -0.1) is 0 Å². The fourth-order valence-corrected chi connectivity index (χ4v) is 2.45. The van der Waals surface area contributed by atoms with Crippen LogP contribution in [0.2, 0.25) is 0 Å². The number of halogens is 1. The van der Waals surface area contributed by atoms with Gasteiger partial charge < -0.3 is 10.6 Å². The molecule has 0 aliphatic carbocycles. The van der Waals surface area contributed by atoms with Crippen LogP contribution in [0.15, 0.2) is 28.7 Å². The zero-order valence-electron chi connectivity index (χ0n) is 11.7. The number of amides is 4. The van der Waals surface area contributed by atoms with E-state index in [-0.39, 0.29) is 18.4 Å². The molecule has 1 aromatic carbocycles. The molecule has 1 aliphatic rings. The topological polar surface area (TPSA) is 78.5 Å². The number of urea groups is 1. The second-order valence-corrected chi connectivity index (χ2v) is 6.07. The van der Waals surface area contributed by atoms with Crippen molar-refractivity contribution < 1.29 is 14.4 Å². The number of anilines is 1. The standard InChI is InChI=1S/C14H16BrN3O3/c1-8(2)12-13(20)18(14(21)17-12)7-11(19)16-10-5-3-4-9(15)6-10/h3-6,8,12H,7H2,1-2H3,(H,16,19)(H,17,21). The largest absolute Gasteiger partial charge is 0.326 e. The predicted octanol–water partition coefficient (Wildman–Crippen LogP) is 1.96. The molecule has 4 amide bonds. The predicted molar refractivity (Wildman–Crippen MR) is 81.6 cm³/mol. The summed E-state index contributed by atoms with van der Waals surface area (Å²) in [6.07, 6.45) is 0. The van der Waals surface area contributed by atoms with E-state index >= 15 is 0 Å². The van der Waals surface area contributed by atoms with Gasteiger partial charge in [0.15, 0.2) is 0 Å². The molecule has 1 unspecified atom stereocenters. The fourth-order valence-electron chi connectivity index (χ4n) is 2.05. The molecule has 112 valence electrons. The Morgan fingerprint density at radius 1 is 1.43 bits per heavy atom. The molecule has 21 heavy (non-hydrogen) atoms. The molecule has 1 aliphatic heterocycles. The molecule has 1 atom stereocenters. The zero-order chi connectivity index (χ0) is 15.6. The van der Waals surface area contributed by atoms with E-state index in [4.69, 9.17) is 0 Å². The maximum Gasteiger partial charge on any atom is 0.325 e. The Labute approximate surface area is 131 Å². The van der Waals surface area contributed by atoms with Crippen molar-refractivity contribution in [3.8, 4) is 0 Å². The molecule has 2 N–H and O–H groups in total. The summed E-state index contributed by atoms with van der Waals surface area (Å²) in [4.78, 5) is 36.7. The molecule has 1 saturated heterocycles. The minimum atomic E-state index is -0.559. The Hall–Kier alpha value is -1.89. The molecule has 0 bridgehead atoms. The highest BCUT2D eigenvalue weighted by atomic mass is 79.9. The summed E-state index contributed by atoms with van der Waals surface area (Å²) in [6.45, 7) is 3.39. The Bertz CT molecular complexity index is 589. The minimum Gasteiger partial charge on any atom is -0.326 e. The van der Waals surface area contributed by atoms with Crippen LogP contribution in [0.5, 0.6) is 0 Å². The third kappa shape index (κ3) is 3.60. The van der Waals surface area contributed by atoms with Gasteiger partial charge in [-0.1, -0.05) is 35.8 Å². The van der Waals surface area contributed by atoms with Crippen LogP contribution in [0, 0.1) is 5.92 Å². The summed E-state index contributed by atoms with van der Waals surface area (Å²) in [5, 5.41) is 5.23. The van der Waals surface area contributed by atoms with Crippen molar-refractivity contribution in [2.24, 2.45) is 5.92 Å². The summed E-state index contributed by atoms with van der Waals surface area (Å²) in [5.41, 5.74) is 0.599. The zero-order valence-corrected chi connectivity index (χ0v) is 13.3. The lowest BCUT2D eigenvalue weighted by Crippen LogP contribution is -2.39. The first-order valence-electron chi connectivity index (χ1n) is 6.56. The van der Waals surface area contributed by atoms with E-state index in [0.717, 1.165) is 9.37 Å². The number of benzene rings is 1. The van der Waals surface area contributed by atoms with E-state index in [9.17, 15) is 14.4 Å². The second-order valence-electron chi connectivity index (χ2n) is 5.15. The fraction of sp³-hybridized carbons (Fsp3) is 0.357. The van der Waals surface area contributed by atoms with E-state index in [1.165, 1.54) is 0 Å². The van der Waals surface area contributed by atoms with Gasteiger partial charge in [0.25, 0.3) is 5.91 Å². The van der Waals surface area contributed by atoms with Crippen LogP contribution in [0.25, 0.3) is 0 Å². The van der Waals surface area contributed by atoms with E-state index in [1.54, 1.807) is 18.2 Å².